The monoisotopic (exact) mass is 292 g/mol. The first-order valence-electron chi connectivity index (χ1n) is 7.97. The maximum Gasteiger partial charge on any atom is 0.123 e. The molecule has 0 heterocycles. The second-order valence-electron chi connectivity index (χ2n) is 8.05. The summed E-state index contributed by atoms with van der Waals surface area (Å²) < 4.78 is 5.97. The highest BCUT2D eigenvalue weighted by Crippen LogP contribution is 2.35. The molecule has 0 saturated carbocycles. The molecule has 0 aliphatic carbocycles. The number of rotatable bonds is 5. The fourth-order valence-corrected chi connectivity index (χ4v) is 2.27. The van der Waals surface area contributed by atoms with Gasteiger partial charge in [-0.1, -0.05) is 53.7 Å². The van der Waals surface area contributed by atoms with Crippen molar-refractivity contribution in [2.45, 2.75) is 78.2 Å². The van der Waals surface area contributed by atoms with E-state index in [4.69, 9.17) is 4.74 Å². The molecule has 0 aliphatic heterocycles. The minimum Gasteiger partial charge on any atom is -0.493 e. The molecule has 2 heteroatoms. The van der Waals surface area contributed by atoms with Gasteiger partial charge in [-0.05, 0) is 47.8 Å². The zero-order chi connectivity index (χ0) is 16.3. The van der Waals surface area contributed by atoms with E-state index in [9.17, 15) is 5.11 Å². The van der Waals surface area contributed by atoms with Crippen LogP contribution in [0.1, 0.15) is 72.4 Å². The van der Waals surface area contributed by atoms with Crippen LogP contribution in [0.3, 0.4) is 0 Å². The Kier molecular flexibility index (Phi) is 5.86. The van der Waals surface area contributed by atoms with E-state index in [1.54, 1.807) is 0 Å². The van der Waals surface area contributed by atoms with Crippen molar-refractivity contribution < 1.29 is 9.84 Å². The van der Waals surface area contributed by atoms with E-state index in [2.05, 4.69) is 59.7 Å². The minimum absolute atomic E-state index is 0.0564. The highest BCUT2D eigenvalue weighted by molar-refractivity contribution is 5.43. The molecule has 0 spiro atoms. The van der Waals surface area contributed by atoms with Gasteiger partial charge in [0.1, 0.15) is 5.75 Å². The van der Waals surface area contributed by atoms with Crippen LogP contribution in [0.5, 0.6) is 5.75 Å². The second kappa shape index (κ2) is 6.83. The number of hydrogen-bond donors (Lipinski definition) is 1. The van der Waals surface area contributed by atoms with Crippen molar-refractivity contribution in [2.75, 3.05) is 6.61 Å². The third-order valence-electron chi connectivity index (χ3n) is 3.68. The summed E-state index contributed by atoms with van der Waals surface area (Å²) in [6, 6.07) is 6.55. The lowest BCUT2D eigenvalue weighted by molar-refractivity contribution is 0.170. The van der Waals surface area contributed by atoms with Gasteiger partial charge >= 0.3 is 0 Å². The molecule has 1 aromatic rings. The molecule has 1 unspecified atom stereocenters. The Bertz CT molecular complexity index is 448. The predicted molar refractivity (Wildman–Crippen MR) is 90.3 cm³/mol. The van der Waals surface area contributed by atoms with Gasteiger partial charge in [-0.25, -0.2) is 0 Å². The van der Waals surface area contributed by atoms with Crippen LogP contribution in [0.25, 0.3) is 0 Å². The van der Waals surface area contributed by atoms with E-state index in [1.807, 2.05) is 6.92 Å². The maximum atomic E-state index is 9.30. The van der Waals surface area contributed by atoms with Crippen LogP contribution in [0.4, 0.5) is 0 Å². The largest absolute Gasteiger partial charge is 0.493 e. The molecule has 1 rings (SSSR count). The van der Waals surface area contributed by atoms with Crippen LogP contribution in [0.15, 0.2) is 18.2 Å². The van der Waals surface area contributed by atoms with Crippen molar-refractivity contribution >= 4 is 0 Å². The Hall–Kier alpha value is -1.02. The van der Waals surface area contributed by atoms with Gasteiger partial charge in [0.15, 0.2) is 0 Å². The summed E-state index contributed by atoms with van der Waals surface area (Å²) >= 11 is 0. The van der Waals surface area contributed by atoms with Crippen molar-refractivity contribution in [1.29, 1.82) is 0 Å². The molecule has 0 fully saturated rings. The first-order chi connectivity index (χ1) is 9.51. The average Bonchev–Trinajstić information content (AvgIpc) is 2.32. The normalized spacial score (nSPS) is 14.1. The topological polar surface area (TPSA) is 29.5 Å². The van der Waals surface area contributed by atoms with Crippen LogP contribution in [0, 0.1) is 0 Å². The molecule has 0 aromatic heterocycles. The molecule has 0 saturated heterocycles. The smallest absolute Gasteiger partial charge is 0.123 e. The molecule has 0 amide bonds. The van der Waals surface area contributed by atoms with E-state index < -0.39 is 0 Å². The summed E-state index contributed by atoms with van der Waals surface area (Å²) in [6.07, 6.45) is 1.41. The molecule has 2 nitrogen and oxygen atoms in total. The van der Waals surface area contributed by atoms with E-state index >= 15 is 0 Å². The van der Waals surface area contributed by atoms with E-state index in [-0.39, 0.29) is 16.9 Å². The predicted octanol–water partition coefficient (Wildman–Crippen LogP) is 4.82. The SMILES string of the molecule is CC(O)CCCOc1ccc(C(C)(C)C)cc1C(C)(C)C. The molecule has 1 atom stereocenters. The van der Waals surface area contributed by atoms with Gasteiger partial charge in [0.25, 0.3) is 0 Å². The van der Waals surface area contributed by atoms with E-state index in [0.29, 0.717) is 6.61 Å². The van der Waals surface area contributed by atoms with Crippen molar-refractivity contribution in [2.24, 2.45) is 0 Å². The molecule has 0 bridgehead atoms. The summed E-state index contributed by atoms with van der Waals surface area (Å²) in [5.41, 5.74) is 2.79. The van der Waals surface area contributed by atoms with Crippen molar-refractivity contribution in [3.05, 3.63) is 29.3 Å². The highest BCUT2D eigenvalue weighted by atomic mass is 16.5. The van der Waals surface area contributed by atoms with Crippen molar-refractivity contribution in [3.63, 3.8) is 0 Å². The van der Waals surface area contributed by atoms with Gasteiger partial charge in [0.2, 0.25) is 0 Å². The molecular weight excluding hydrogens is 260 g/mol. The summed E-state index contributed by atoms with van der Waals surface area (Å²) in [5.74, 6) is 0.973. The lowest BCUT2D eigenvalue weighted by Gasteiger charge is -2.27. The van der Waals surface area contributed by atoms with Gasteiger partial charge in [0, 0.05) is 0 Å². The fraction of sp³-hybridized carbons (Fsp3) is 0.684. The molecule has 0 aliphatic rings. The minimum atomic E-state index is -0.251. The van der Waals surface area contributed by atoms with Gasteiger partial charge in [0.05, 0.1) is 12.7 Å². The third kappa shape index (κ3) is 5.70. The van der Waals surface area contributed by atoms with Crippen LogP contribution < -0.4 is 4.74 Å². The molecule has 120 valence electrons. The number of hydrogen-bond acceptors (Lipinski definition) is 2. The van der Waals surface area contributed by atoms with Gasteiger partial charge < -0.3 is 9.84 Å². The summed E-state index contributed by atoms with van der Waals surface area (Å²) in [5, 5.41) is 9.30. The maximum absolute atomic E-state index is 9.30. The van der Waals surface area contributed by atoms with E-state index in [1.165, 1.54) is 11.1 Å². The standard InChI is InChI=1S/C19H32O2/c1-14(20)9-8-12-21-17-11-10-15(18(2,3)4)13-16(17)19(5,6)7/h10-11,13-14,20H,8-9,12H2,1-7H3. The molecule has 0 radical (unpaired) electrons. The van der Waals surface area contributed by atoms with Gasteiger partial charge in [-0.2, -0.15) is 0 Å². The molecule has 21 heavy (non-hydrogen) atoms. The Balaban J connectivity index is 2.93. The Morgan fingerprint density at radius 3 is 2.14 bits per heavy atom. The zero-order valence-corrected chi connectivity index (χ0v) is 14.8. The van der Waals surface area contributed by atoms with Crippen molar-refractivity contribution in [3.8, 4) is 5.75 Å². The number of ether oxygens (including phenoxy) is 1. The Labute approximate surface area is 130 Å². The Morgan fingerprint density at radius 1 is 1.05 bits per heavy atom. The van der Waals surface area contributed by atoms with Crippen LogP contribution in [-0.4, -0.2) is 17.8 Å². The fourth-order valence-electron chi connectivity index (χ4n) is 2.27. The lowest BCUT2D eigenvalue weighted by Crippen LogP contribution is -2.18. The zero-order valence-electron chi connectivity index (χ0n) is 14.8. The van der Waals surface area contributed by atoms with Crippen LogP contribution in [0.2, 0.25) is 0 Å². The summed E-state index contributed by atoms with van der Waals surface area (Å²) in [7, 11) is 0. The first-order valence-corrected chi connectivity index (χ1v) is 7.97. The molecule has 1 aromatic carbocycles. The number of aliphatic hydroxyl groups excluding tert-OH is 1. The van der Waals surface area contributed by atoms with Gasteiger partial charge in [-0.15, -0.1) is 0 Å². The molecular formula is C19H32O2. The summed E-state index contributed by atoms with van der Waals surface area (Å²) in [6.45, 7) is 15.8. The van der Waals surface area contributed by atoms with Crippen LogP contribution >= 0.6 is 0 Å². The van der Waals surface area contributed by atoms with Crippen LogP contribution in [-0.2, 0) is 10.8 Å². The third-order valence-corrected chi connectivity index (χ3v) is 3.68. The highest BCUT2D eigenvalue weighted by Gasteiger charge is 2.22. The number of aliphatic hydroxyl groups is 1. The summed E-state index contributed by atoms with van der Waals surface area (Å²) in [4.78, 5) is 0. The number of benzene rings is 1. The second-order valence-corrected chi connectivity index (χ2v) is 8.05. The Morgan fingerprint density at radius 2 is 1.67 bits per heavy atom. The van der Waals surface area contributed by atoms with Crippen molar-refractivity contribution in [1.82, 2.24) is 0 Å². The van der Waals surface area contributed by atoms with E-state index in [0.717, 1.165) is 18.6 Å². The molecule has 1 N–H and O–H groups in total. The average molecular weight is 292 g/mol. The van der Waals surface area contributed by atoms with Gasteiger partial charge in [-0.3, -0.25) is 0 Å². The first kappa shape index (κ1) is 18.0. The quantitative estimate of drug-likeness (QED) is 0.788. The lowest BCUT2D eigenvalue weighted by atomic mass is 9.80.